The number of carbonyl (C=O) groups is 2. The predicted molar refractivity (Wildman–Crippen MR) is 101 cm³/mol. The van der Waals surface area contributed by atoms with Gasteiger partial charge in [-0.25, -0.2) is 4.79 Å². The third-order valence-corrected chi connectivity index (χ3v) is 4.41. The minimum absolute atomic E-state index is 0.0398. The third kappa shape index (κ3) is 6.33. The minimum atomic E-state index is -4.86. The number of rotatable bonds is 8. The van der Waals surface area contributed by atoms with Crippen LogP contribution in [0.5, 0.6) is 5.75 Å². The molecule has 0 radical (unpaired) electrons. The van der Waals surface area contributed by atoms with E-state index in [9.17, 15) is 32.9 Å². The monoisotopic (exact) mass is 446 g/mol. The molecule has 0 unspecified atom stereocenters. The summed E-state index contributed by atoms with van der Waals surface area (Å²) in [6.07, 6.45) is -6.26. The lowest BCUT2D eigenvalue weighted by Gasteiger charge is -2.29. The van der Waals surface area contributed by atoms with Crippen LogP contribution >= 0.6 is 0 Å². The Bertz CT molecular complexity index is 899. The molecule has 1 heterocycles. The van der Waals surface area contributed by atoms with Gasteiger partial charge in [0.05, 0.1) is 12.1 Å². The summed E-state index contributed by atoms with van der Waals surface area (Å²) in [4.78, 5) is 39.4. The highest BCUT2D eigenvalue weighted by molar-refractivity contribution is 5.96. The first-order valence-corrected chi connectivity index (χ1v) is 9.16. The molecule has 0 saturated carbocycles. The summed E-state index contributed by atoms with van der Waals surface area (Å²) in [5, 5.41) is 9.15. The molecule has 0 spiro atoms. The molecule has 31 heavy (non-hydrogen) atoms. The molecule has 1 amide bonds. The number of hydrogen-bond donors (Lipinski definition) is 0. The maximum absolute atomic E-state index is 13.5. The van der Waals surface area contributed by atoms with Gasteiger partial charge in [-0.05, 0) is 31.6 Å². The first-order chi connectivity index (χ1) is 14.4. The second kappa shape index (κ2) is 9.67. The quantitative estimate of drug-likeness (QED) is 0.343. The van der Waals surface area contributed by atoms with Crippen molar-refractivity contribution in [3.63, 3.8) is 0 Å². The van der Waals surface area contributed by atoms with Gasteiger partial charge in [0.15, 0.2) is 0 Å². The van der Waals surface area contributed by atoms with Gasteiger partial charge in [-0.3, -0.25) is 4.79 Å². The molecule has 1 aromatic rings. The van der Waals surface area contributed by atoms with Gasteiger partial charge in [-0.2, -0.15) is 13.2 Å². The number of halogens is 3. The first-order valence-electron chi connectivity index (χ1n) is 9.16. The van der Waals surface area contributed by atoms with Gasteiger partial charge < -0.3 is 19.2 Å². The van der Waals surface area contributed by atoms with E-state index in [0.717, 1.165) is 16.5 Å². The van der Waals surface area contributed by atoms with E-state index in [1.54, 1.807) is 26.0 Å². The maximum atomic E-state index is 13.5. The van der Waals surface area contributed by atoms with Crippen LogP contribution in [0.1, 0.15) is 23.6 Å². The van der Waals surface area contributed by atoms with E-state index in [-0.39, 0.29) is 18.8 Å². The van der Waals surface area contributed by atoms with Crippen LogP contribution in [0.2, 0.25) is 0 Å². The number of hydrogen-bond acceptors (Lipinski definition) is 7. The van der Waals surface area contributed by atoms with Crippen molar-refractivity contribution in [1.29, 1.82) is 0 Å². The van der Waals surface area contributed by atoms with Crippen molar-refractivity contribution in [1.82, 2.24) is 4.90 Å². The Kier molecular flexibility index (Phi) is 7.47. The van der Waals surface area contributed by atoms with Crippen LogP contribution in [0, 0.1) is 24.0 Å². The second-order valence-corrected chi connectivity index (χ2v) is 6.84. The van der Waals surface area contributed by atoms with Crippen LogP contribution in [-0.4, -0.2) is 60.4 Å². The Labute approximate surface area is 175 Å². The Morgan fingerprint density at radius 2 is 1.87 bits per heavy atom. The van der Waals surface area contributed by atoms with E-state index in [4.69, 9.17) is 9.47 Å². The van der Waals surface area contributed by atoms with Crippen LogP contribution < -0.4 is 4.74 Å². The van der Waals surface area contributed by atoms with Gasteiger partial charge in [-0.1, -0.05) is 11.6 Å². The zero-order chi connectivity index (χ0) is 23.3. The lowest BCUT2D eigenvalue weighted by molar-refractivity contribution is -0.757. The standard InChI is InChI=1S/C19H21F3N2O7/c1-11-8-12(2)16-14(9-11)10-15(17(31-16)19(20,21)22)18(26)29-6-4-23(13(3)25)5-7-30-24(27)28/h8-10,17H,4-7H2,1-3H3/t17-/m0/s1. The highest BCUT2D eigenvalue weighted by Crippen LogP contribution is 2.39. The predicted octanol–water partition coefficient (Wildman–Crippen LogP) is 2.61. The molecule has 1 aliphatic heterocycles. The maximum Gasteiger partial charge on any atom is 0.430 e. The molecular weight excluding hydrogens is 425 g/mol. The van der Waals surface area contributed by atoms with Crippen molar-refractivity contribution in [3.8, 4) is 5.75 Å². The number of nitrogens with zero attached hydrogens (tertiary/aromatic N) is 2. The summed E-state index contributed by atoms with van der Waals surface area (Å²) in [7, 11) is 0. The van der Waals surface area contributed by atoms with Crippen LogP contribution in [0.4, 0.5) is 13.2 Å². The van der Waals surface area contributed by atoms with E-state index >= 15 is 0 Å². The number of alkyl halides is 3. The Morgan fingerprint density at radius 3 is 2.45 bits per heavy atom. The van der Waals surface area contributed by atoms with Crippen LogP contribution in [-0.2, 0) is 19.2 Å². The van der Waals surface area contributed by atoms with Gasteiger partial charge >= 0.3 is 12.1 Å². The summed E-state index contributed by atoms with van der Waals surface area (Å²) < 4.78 is 50.6. The summed E-state index contributed by atoms with van der Waals surface area (Å²) in [5.74, 6) is -1.67. The van der Waals surface area contributed by atoms with Crippen LogP contribution in [0.25, 0.3) is 6.08 Å². The molecule has 1 aliphatic rings. The van der Waals surface area contributed by atoms with E-state index < -0.39 is 48.0 Å². The Morgan fingerprint density at radius 1 is 1.23 bits per heavy atom. The van der Waals surface area contributed by atoms with Gasteiger partial charge in [0.1, 0.15) is 19.0 Å². The Balaban J connectivity index is 2.12. The average Bonchev–Trinajstić information content (AvgIpc) is 2.64. The number of aryl methyl sites for hydroxylation is 2. The minimum Gasteiger partial charge on any atom is -0.475 e. The molecule has 0 saturated heterocycles. The van der Waals surface area contributed by atoms with Crippen molar-refractivity contribution in [2.24, 2.45) is 0 Å². The summed E-state index contributed by atoms with van der Waals surface area (Å²) >= 11 is 0. The number of esters is 1. The number of fused-ring (bicyclic) bond motifs is 1. The molecule has 0 aromatic heterocycles. The highest BCUT2D eigenvalue weighted by Gasteiger charge is 2.49. The molecule has 1 atom stereocenters. The third-order valence-electron chi connectivity index (χ3n) is 4.41. The van der Waals surface area contributed by atoms with E-state index in [2.05, 4.69) is 4.84 Å². The lowest BCUT2D eigenvalue weighted by Crippen LogP contribution is -2.41. The largest absolute Gasteiger partial charge is 0.475 e. The van der Waals surface area contributed by atoms with Gasteiger partial charge in [0.2, 0.25) is 12.0 Å². The van der Waals surface area contributed by atoms with Gasteiger partial charge in [0.25, 0.3) is 5.09 Å². The fraction of sp³-hybridized carbons (Fsp3) is 0.474. The van der Waals surface area contributed by atoms with Gasteiger partial charge in [0, 0.05) is 19.0 Å². The zero-order valence-electron chi connectivity index (χ0n) is 17.0. The number of amides is 1. The SMILES string of the molecule is CC(=O)N(CCOC(=O)C1=Cc2cc(C)cc(C)c2O[C@@H]1C(F)(F)F)CCO[N+](=O)[O-]. The smallest absolute Gasteiger partial charge is 0.430 e. The average molecular weight is 446 g/mol. The zero-order valence-corrected chi connectivity index (χ0v) is 17.0. The molecule has 2 rings (SSSR count). The molecule has 0 aliphatic carbocycles. The summed E-state index contributed by atoms with van der Waals surface area (Å²) in [6, 6.07) is 3.26. The molecule has 9 nitrogen and oxygen atoms in total. The van der Waals surface area contributed by atoms with Crippen molar-refractivity contribution in [2.75, 3.05) is 26.3 Å². The topological polar surface area (TPSA) is 108 Å². The summed E-state index contributed by atoms with van der Waals surface area (Å²) in [6.45, 7) is 3.40. The Hall–Kier alpha value is -3.31. The molecule has 0 bridgehead atoms. The normalized spacial score (nSPS) is 15.3. The summed E-state index contributed by atoms with van der Waals surface area (Å²) in [5.41, 5.74) is 0.897. The lowest BCUT2D eigenvalue weighted by atomic mass is 9.97. The van der Waals surface area contributed by atoms with Crippen molar-refractivity contribution in [2.45, 2.75) is 33.1 Å². The fourth-order valence-electron chi connectivity index (χ4n) is 3.07. The van der Waals surface area contributed by atoms with Gasteiger partial charge in [-0.15, -0.1) is 10.1 Å². The highest BCUT2D eigenvalue weighted by atomic mass is 19.4. The number of ether oxygens (including phenoxy) is 2. The van der Waals surface area contributed by atoms with E-state index in [1.165, 1.54) is 6.92 Å². The molecular formula is C19H21F3N2O7. The van der Waals surface area contributed by atoms with E-state index in [0.29, 0.717) is 11.1 Å². The molecule has 0 N–H and O–H groups in total. The number of benzene rings is 1. The number of carbonyl (C=O) groups excluding carboxylic acids is 2. The van der Waals surface area contributed by atoms with Crippen LogP contribution in [0.3, 0.4) is 0 Å². The molecule has 12 heteroatoms. The van der Waals surface area contributed by atoms with Crippen molar-refractivity contribution in [3.05, 3.63) is 44.5 Å². The second-order valence-electron chi connectivity index (χ2n) is 6.84. The molecule has 170 valence electrons. The van der Waals surface area contributed by atoms with Crippen molar-refractivity contribution < 1.29 is 42.2 Å². The first kappa shape index (κ1) is 24.0. The van der Waals surface area contributed by atoms with Crippen molar-refractivity contribution >= 4 is 18.0 Å². The fourth-order valence-corrected chi connectivity index (χ4v) is 3.07. The van der Waals surface area contributed by atoms with Crippen LogP contribution in [0.15, 0.2) is 17.7 Å². The molecule has 0 fully saturated rings. The van der Waals surface area contributed by atoms with E-state index in [1.807, 2.05) is 0 Å². The molecule has 1 aromatic carbocycles.